The smallest absolute Gasteiger partial charge is 0.343 e. The van der Waals surface area contributed by atoms with E-state index in [2.05, 4.69) is 20.8 Å². The van der Waals surface area contributed by atoms with Crippen molar-refractivity contribution in [3.8, 4) is 11.1 Å². The zero-order valence-corrected chi connectivity index (χ0v) is 25.6. The van der Waals surface area contributed by atoms with Crippen LogP contribution < -0.4 is 4.72 Å². The van der Waals surface area contributed by atoms with E-state index in [1.807, 2.05) is 29.0 Å². The van der Waals surface area contributed by atoms with Crippen LogP contribution in [0.5, 0.6) is 0 Å². The molecule has 0 aliphatic rings. The minimum absolute atomic E-state index is 0.0146. The largest absolute Gasteiger partial charge is 0.416 e. The van der Waals surface area contributed by atoms with Crippen molar-refractivity contribution in [3.05, 3.63) is 125 Å². The number of nitrogens with one attached hydrogen (secondary N) is 1. The van der Waals surface area contributed by atoms with Crippen LogP contribution >= 0.6 is 0 Å². The average Bonchev–Trinajstić information content (AvgIpc) is 3.37. The number of hydrogen-bond acceptors (Lipinski definition) is 3. The fourth-order valence-electron chi connectivity index (χ4n) is 5.05. The molecule has 0 bridgehead atoms. The van der Waals surface area contributed by atoms with Gasteiger partial charge in [0.1, 0.15) is 0 Å². The van der Waals surface area contributed by atoms with E-state index in [1.54, 1.807) is 12.1 Å². The lowest BCUT2D eigenvalue weighted by atomic mass is 9.86. The van der Waals surface area contributed by atoms with Crippen LogP contribution in [-0.2, 0) is 34.3 Å². The first kappa shape index (κ1) is 32.8. The number of alkyl halides is 6. The monoisotopic (exact) mass is 658 g/mol. The Balaban J connectivity index is 1.33. The Morgan fingerprint density at radius 3 is 1.87 bits per heavy atom. The predicted molar refractivity (Wildman–Crippen MR) is 163 cm³/mol. The predicted octanol–water partition coefficient (Wildman–Crippen LogP) is 8.81. The van der Waals surface area contributed by atoms with Gasteiger partial charge in [-0.15, -0.1) is 0 Å². The number of halogens is 6. The van der Waals surface area contributed by atoms with Gasteiger partial charge in [-0.25, -0.2) is 13.1 Å². The highest BCUT2D eigenvalue weighted by atomic mass is 32.2. The van der Waals surface area contributed by atoms with Crippen molar-refractivity contribution < 1.29 is 39.6 Å². The number of sulfonamides is 1. The third-order valence-electron chi connectivity index (χ3n) is 7.59. The first-order chi connectivity index (χ1) is 21.3. The number of amides is 1. The molecule has 0 spiro atoms. The van der Waals surface area contributed by atoms with E-state index in [4.69, 9.17) is 0 Å². The molecule has 5 aromatic rings. The summed E-state index contributed by atoms with van der Waals surface area (Å²) in [7, 11) is -4.25. The highest BCUT2D eigenvalue weighted by Gasteiger charge is 2.38. The summed E-state index contributed by atoms with van der Waals surface area (Å²) in [5.41, 5.74) is 0.00734. The Morgan fingerprint density at radius 2 is 1.30 bits per heavy atom. The van der Waals surface area contributed by atoms with Gasteiger partial charge in [-0.1, -0.05) is 63.2 Å². The summed E-state index contributed by atoms with van der Waals surface area (Å²) >= 11 is 0. The molecule has 0 saturated carbocycles. The molecule has 5 nitrogen and oxygen atoms in total. The maximum atomic E-state index is 13.6. The minimum atomic E-state index is -5.02. The van der Waals surface area contributed by atoms with Crippen molar-refractivity contribution in [2.75, 3.05) is 0 Å². The van der Waals surface area contributed by atoms with Gasteiger partial charge in [0, 0.05) is 29.2 Å². The van der Waals surface area contributed by atoms with E-state index in [0.717, 1.165) is 22.8 Å². The Labute approximate surface area is 261 Å². The average molecular weight is 659 g/mol. The van der Waals surface area contributed by atoms with Crippen LogP contribution in [0.15, 0.2) is 102 Å². The summed E-state index contributed by atoms with van der Waals surface area (Å²) < 4.78 is 109. The van der Waals surface area contributed by atoms with Crippen molar-refractivity contribution in [2.45, 2.75) is 50.0 Å². The maximum absolute atomic E-state index is 13.6. The molecule has 0 saturated heterocycles. The van der Waals surface area contributed by atoms with Crippen LogP contribution in [0.1, 0.15) is 53.4 Å². The molecule has 0 unspecified atom stereocenters. The van der Waals surface area contributed by atoms with Gasteiger partial charge >= 0.3 is 12.4 Å². The van der Waals surface area contributed by atoms with E-state index in [-0.39, 0.29) is 27.5 Å². The van der Waals surface area contributed by atoms with E-state index in [0.29, 0.717) is 17.0 Å². The van der Waals surface area contributed by atoms with Gasteiger partial charge in [0.05, 0.1) is 16.0 Å². The summed E-state index contributed by atoms with van der Waals surface area (Å²) in [6.07, 6.45) is -8.53. The van der Waals surface area contributed by atoms with Gasteiger partial charge in [0.15, 0.2) is 0 Å². The van der Waals surface area contributed by atoms with Gasteiger partial charge in [-0.05, 0) is 76.2 Å². The summed E-state index contributed by atoms with van der Waals surface area (Å²) in [4.78, 5) is 12.8. The topological polar surface area (TPSA) is 68.2 Å². The molecular weight excluding hydrogens is 630 g/mol. The van der Waals surface area contributed by atoms with Crippen molar-refractivity contribution in [1.29, 1.82) is 0 Å². The van der Waals surface area contributed by atoms with E-state index < -0.39 is 46.0 Å². The molecule has 12 heteroatoms. The quantitative estimate of drug-likeness (QED) is 0.186. The summed E-state index contributed by atoms with van der Waals surface area (Å²) in [5.74, 6) is -0.918. The van der Waals surface area contributed by atoms with Crippen LogP contribution in [-0.4, -0.2) is 18.9 Å². The minimum Gasteiger partial charge on any atom is -0.343 e. The number of fused-ring (bicyclic) bond motifs is 1. The van der Waals surface area contributed by atoms with Crippen molar-refractivity contribution in [2.24, 2.45) is 0 Å². The van der Waals surface area contributed by atoms with Gasteiger partial charge in [-0.3, -0.25) is 4.79 Å². The normalized spacial score (nSPS) is 12.8. The summed E-state index contributed by atoms with van der Waals surface area (Å²) in [5, 5.41) is 0.410. The second-order valence-electron chi connectivity index (χ2n) is 11.9. The Morgan fingerprint density at radius 1 is 0.717 bits per heavy atom. The third-order valence-corrected chi connectivity index (χ3v) is 8.94. The van der Waals surface area contributed by atoms with Gasteiger partial charge in [0.2, 0.25) is 0 Å². The SMILES string of the molecule is CC(C)(C)c1ccc(-c2ccc(S(=O)(=O)NC(=O)c3ccc4c(ccn4Cc4ccc(C(F)(F)F)cc4C(F)(F)F)c3)cc2)cc1. The Bertz CT molecular complexity index is 2020. The highest BCUT2D eigenvalue weighted by molar-refractivity contribution is 7.90. The molecule has 0 atom stereocenters. The summed E-state index contributed by atoms with van der Waals surface area (Å²) in [6, 6.07) is 21.1. The fraction of sp³-hybridized carbons (Fsp3) is 0.206. The fourth-order valence-corrected chi connectivity index (χ4v) is 6.02. The lowest BCUT2D eigenvalue weighted by Crippen LogP contribution is -2.30. The van der Waals surface area contributed by atoms with Gasteiger partial charge in [-0.2, -0.15) is 26.3 Å². The van der Waals surface area contributed by atoms with E-state index >= 15 is 0 Å². The molecule has 0 fully saturated rings. The number of nitrogens with zero attached hydrogens (tertiary/aromatic N) is 1. The number of aromatic nitrogens is 1. The number of benzene rings is 4. The Kier molecular flexibility index (Phi) is 8.31. The molecular formula is C34H28F6N2O3S. The third kappa shape index (κ3) is 6.96. The first-order valence-electron chi connectivity index (χ1n) is 14.0. The lowest BCUT2D eigenvalue weighted by molar-refractivity contribution is -0.143. The zero-order chi connectivity index (χ0) is 33.7. The number of rotatable bonds is 6. The number of carbonyl (C=O) groups is 1. The number of carbonyl (C=O) groups excluding carboxylic acids is 1. The van der Waals surface area contributed by atoms with Crippen LogP contribution in [0.25, 0.3) is 22.0 Å². The standard InChI is InChI=1S/C34H28F6N2O3S/c1-32(2,3)26-10-4-21(5-11-26)22-7-13-28(14-8-22)46(44,45)41-31(43)24-9-15-30-23(18-24)16-17-42(30)20-25-6-12-27(33(35,36)37)19-29(25)34(38,39)40/h4-19H,20H2,1-3H3,(H,41,43). The van der Waals surface area contributed by atoms with Crippen LogP contribution in [0.4, 0.5) is 26.3 Å². The second-order valence-corrected chi connectivity index (χ2v) is 13.6. The van der Waals surface area contributed by atoms with Crippen LogP contribution in [0, 0.1) is 0 Å². The van der Waals surface area contributed by atoms with E-state index in [9.17, 15) is 39.6 Å². The molecule has 5 rings (SSSR count). The molecule has 1 heterocycles. The molecule has 0 radical (unpaired) electrons. The molecule has 1 N–H and O–H groups in total. The maximum Gasteiger partial charge on any atom is 0.416 e. The van der Waals surface area contributed by atoms with Crippen molar-refractivity contribution in [3.63, 3.8) is 0 Å². The molecule has 240 valence electrons. The summed E-state index contributed by atoms with van der Waals surface area (Å²) in [6.45, 7) is 5.92. The lowest BCUT2D eigenvalue weighted by Gasteiger charge is -2.19. The van der Waals surface area contributed by atoms with Crippen molar-refractivity contribution >= 4 is 26.8 Å². The van der Waals surface area contributed by atoms with Crippen LogP contribution in [0.2, 0.25) is 0 Å². The highest BCUT2D eigenvalue weighted by Crippen LogP contribution is 2.38. The molecule has 1 amide bonds. The molecule has 1 aromatic heterocycles. The molecule has 46 heavy (non-hydrogen) atoms. The molecule has 0 aliphatic heterocycles. The number of hydrogen-bond donors (Lipinski definition) is 1. The molecule has 0 aliphatic carbocycles. The van der Waals surface area contributed by atoms with Crippen LogP contribution in [0.3, 0.4) is 0 Å². The van der Waals surface area contributed by atoms with E-state index in [1.165, 1.54) is 47.2 Å². The Hall–Kier alpha value is -4.58. The van der Waals surface area contributed by atoms with Gasteiger partial charge < -0.3 is 4.57 Å². The zero-order valence-electron chi connectivity index (χ0n) is 24.8. The van der Waals surface area contributed by atoms with Crippen molar-refractivity contribution in [1.82, 2.24) is 9.29 Å². The first-order valence-corrected chi connectivity index (χ1v) is 15.5. The molecule has 4 aromatic carbocycles. The second kappa shape index (κ2) is 11.7. The van der Waals surface area contributed by atoms with Gasteiger partial charge in [0.25, 0.3) is 15.9 Å².